The van der Waals surface area contributed by atoms with Crippen molar-refractivity contribution in [1.29, 1.82) is 0 Å². The van der Waals surface area contributed by atoms with Crippen LogP contribution in [0, 0.1) is 6.92 Å². The Morgan fingerprint density at radius 2 is 1.73 bits per heavy atom. The third kappa shape index (κ3) is 4.04. The Labute approximate surface area is 149 Å². The van der Waals surface area contributed by atoms with E-state index < -0.39 is 11.8 Å². The molecule has 0 atom stereocenters. The summed E-state index contributed by atoms with van der Waals surface area (Å²) in [6.07, 6.45) is 0. The van der Waals surface area contributed by atoms with Gasteiger partial charge in [0.15, 0.2) is 12.3 Å². The number of amides is 2. The third-order valence-electron chi connectivity index (χ3n) is 3.51. The third-order valence-corrected chi connectivity index (χ3v) is 3.51. The second-order valence-corrected chi connectivity index (χ2v) is 5.35. The average Bonchev–Trinajstić information content (AvgIpc) is 3.11. The number of nitrogens with zero attached hydrogens (tertiary/aromatic N) is 2. The summed E-state index contributed by atoms with van der Waals surface area (Å²) in [7, 11) is 0. The maximum absolute atomic E-state index is 11.9. The summed E-state index contributed by atoms with van der Waals surface area (Å²) in [6, 6.07) is 17.1. The zero-order valence-electron chi connectivity index (χ0n) is 13.9. The minimum Gasteiger partial charge on any atom is -0.483 e. The van der Waals surface area contributed by atoms with Gasteiger partial charge in [-0.3, -0.25) is 20.4 Å². The standard InChI is InChI=1S/C18H16N4O4/c1-12-17(22-26-21-12)18(24)20-19-16(23)11-25-15-10-6-5-9-14(15)13-7-3-2-4-8-13/h2-10H,11H2,1H3,(H,19,23)(H,20,24). The molecule has 0 aliphatic heterocycles. The molecule has 0 aliphatic carbocycles. The van der Waals surface area contributed by atoms with Crippen LogP contribution >= 0.6 is 0 Å². The number of nitrogens with one attached hydrogen (secondary N) is 2. The zero-order valence-corrected chi connectivity index (χ0v) is 13.9. The zero-order chi connectivity index (χ0) is 18.4. The van der Waals surface area contributed by atoms with Crippen LogP contribution in [0.5, 0.6) is 5.75 Å². The first-order valence-electron chi connectivity index (χ1n) is 7.80. The molecule has 0 spiro atoms. The van der Waals surface area contributed by atoms with Gasteiger partial charge in [-0.15, -0.1) is 0 Å². The van der Waals surface area contributed by atoms with Crippen molar-refractivity contribution in [3.05, 3.63) is 66.0 Å². The molecule has 0 saturated heterocycles. The quantitative estimate of drug-likeness (QED) is 0.679. The van der Waals surface area contributed by atoms with Crippen LogP contribution in [0.4, 0.5) is 0 Å². The summed E-state index contributed by atoms with van der Waals surface area (Å²) in [5.74, 6) is -0.575. The Balaban J connectivity index is 1.57. The van der Waals surface area contributed by atoms with E-state index in [0.29, 0.717) is 11.4 Å². The Kier molecular flexibility index (Phi) is 5.23. The van der Waals surface area contributed by atoms with Gasteiger partial charge in [-0.1, -0.05) is 53.7 Å². The van der Waals surface area contributed by atoms with E-state index in [1.807, 2.05) is 48.5 Å². The molecule has 0 aliphatic rings. The fourth-order valence-electron chi connectivity index (χ4n) is 2.25. The highest BCUT2D eigenvalue weighted by Gasteiger charge is 2.16. The molecule has 8 heteroatoms. The second kappa shape index (κ2) is 7.93. The van der Waals surface area contributed by atoms with Crippen molar-refractivity contribution in [3.63, 3.8) is 0 Å². The smallest absolute Gasteiger partial charge is 0.293 e. The van der Waals surface area contributed by atoms with Crippen molar-refractivity contribution in [2.45, 2.75) is 6.92 Å². The lowest BCUT2D eigenvalue weighted by Gasteiger charge is -2.12. The lowest BCUT2D eigenvalue weighted by atomic mass is 10.1. The monoisotopic (exact) mass is 352 g/mol. The number of para-hydroxylation sites is 1. The van der Waals surface area contributed by atoms with E-state index in [1.54, 1.807) is 13.0 Å². The lowest BCUT2D eigenvalue weighted by Crippen LogP contribution is -2.44. The number of rotatable bonds is 5. The molecule has 26 heavy (non-hydrogen) atoms. The molecule has 3 aromatic rings. The van der Waals surface area contributed by atoms with Gasteiger partial charge in [0.05, 0.1) is 0 Å². The van der Waals surface area contributed by atoms with Crippen LogP contribution in [0.15, 0.2) is 59.2 Å². The van der Waals surface area contributed by atoms with Gasteiger partial charge >= 0.3 is 0 Å². The molecule has 132 valence electrons. The number of hydrazine groups is 1. The van der Waals surface area contributed by atoms with E-state index in [4.69, 9.17) is 4.74 Å². The van der Waals surface area contributed by atoms with Crippen molar-refractivity contribution in [2.24, 2.45) is 0 Å². The number of carbonyl (C=O) groups is 2. The Morgan fingerprint density at radius 3 is 2.46 bits per heavy atom. The molecule has 0 radical (unpaired) electrons. The fourth-order valence-corrected chi connectivity index (χ4v) is 2.25. The molecule has 2 N–H and O–H groups in total. The van der Waals surface area contributed by atoms with Crippen molar-refractivity contribution in [2.75, 3.05) is 6.61 Å². The first kappa shape index (κ1) is 17.2. The number of carbonyl (C=O) groups excluding carboxylic acids is 2. The molecule has 0 fully saturated rings. The highest BCUT2D eigenvalue weighted by atomic mass is 16.6. The van der Waals surface area contributed by atoms with E-state index in [-0.39, 0.29) is 12.3 Å². The second-order valence-electron chi connectivity index (χ2n) is 5.35. The maximum Gasteiger partial charge on any atom is 0.293 e. The molecule has 0 saturated carbocycles. The number of aromatic nitrogens is 2. The maximum atomic E-state index is 11.9. The van der Waals surface area contributed by atoms with Gasteiger partial charge in [0, 0.05) is 5.56 Å². The molecule has 2 amide bonds. The normalized spacial score (nSPS) is 10.2. The van der Waals surface area contributed by atoms with E-state index in [9.17, 15) is 9.59 Å². The summed E-state index contributed by atoms with van der Waals surface area (Å²) >= 11 is 0. The molecule has 0 bridgehead atoms. The SMILES string of the molecule is Cc1nonc1C(=O)NNC(=O)COc1ccccc1-c1ccccc1. The van der Waals surface area contributed by atoms with E-state index in [1.165, 1.54) is 0 Å². The van der Waals surface area contributed by atoms with Gasteiger partial charge in [0.1, 0.15) is 11.4 Å². The number of hydrogen-bond donors (Lipinski definition) is 2. The molecular weight excluding hydrogens is 336 g/mol. The Hall–Kier alpha value is -3.68. The van der Waals surface area contributed by atoms with Gasteiger partial charge in [-0.2, -0.15) is 0 Å². The molecule has 0 unspecified atom stereocenters. The van der Waals surface area contributed by atoms with E-state index >= 15 is 0 Å². The highest BCUT2D eigenvalue weighted by molar-refractivity contribution is 5.94. The number of aryl methyl sites for hydroxylation is 1. The van der Waals surface area contributed by atoms with Crippen molar-refractivity contribution in [3.8, 4) is 16.9 Å². The molecule has 2 aromatic carbocycles. The topological polar surface area (TPSA) is 106 Å². The largest absolute Gasteiger partial charge is 0.483 e. The van der Waals surface area contributed by atoms with Gasteiger partial charge in [0.2, 0.25) is 0 Å². The summed E-state index contributed by atoms with van der Waals surface area (Å²) in [5, 5.41) is 6.95. The van der Waals surface area contributed by atoms with E-state index in [2.05, 4.69) is 25.8 Å². The average molecular weight is 352 g/mol. The Bertz CT molecular complexity index is 908. The predicted molar refractivity (Wildman–Crippen MR) is 92.0 cm³/mol. The van der Waals surface area contributed by atoms with Gasteiger partial charge in [0.25, 0.3) is 11.8 Å². The summed E-state index contributed by atoms with van der Waals surface area (Å²) in [5.41, 5.74) is 6.65. The fraction of sp³-hybridized carbons (Fsp3) is 0.111. The van der Waals surface area contributed by atoms with Crippen LogP contribution in [0.25, 0.3) is 11.1 Å². The first-order valence-corrected chi connectivity index (χ1v) is 7.80. The van der Waals surface area contributed by atoms with Crippen molar-refractivity contribution >= 4 is 11.8 Å². The lowest BCUT2D eigenvalue weighted by molar-refractivity contribution is -0.123. The number of ether oxygens (including phenoxy) is 1. The first-order chi connectivity index (χ1) is 12.6. The van der Waals surface area contributed by atoms with Crippen molar-refractivity contribution in [1.82, 2.24) is 21.2 Å². The minimum absolute atomic E-state index is 0.000594. The number of hydrogen-bond acceptors (Lipinski definition) is 6. The van der Waals surface area contributed by atoms with E-state index in [0.717, 1.165) is 11.1 Å². The van der Waals surface area contributed by atoms with Gasteiger partial charge in [-0.05, 0) is 23.7 Å². The highest BCUT2D eigenvalue weighted by Crippen LogP contribution is 2.29. The van der Waals surface area contributed by atoms with Crippen LogP contribution in [0.3, 0.4) is 0 Å². The van der Waals surface area contributed by atoms with Gasteiger partial charge in [-0.25, -0.2) is 4.63 Å². The summed E-state index contributed by atoms with van der Waals surface area (Å²) < 4.78 is 10.0. The number of benzene rings is 2. The summed E-state index contributed by atoms with van der Waals surface area (Å²) in [4.78, 5) is 23.7. The minimum atomic E-state index is -0.623. The van der Waals surface area contributed by atoms with Gasteiger partial charge < -0.3 is 4.74 Å². The van der Waals surface area contributed by atoms with Crippen molar-refractivity contribution < 1.29 is 19.0 Å². The van der Waals surface area contributed by atoms with Crippen LogP contribution in [-0.4, -0.2) is 28.7 Å². The molecule has 1 heterocycles. The van der Waals surface area contributed by atoms with Crippen LogP contribution in [0.1, 0.15) is 16.2 Å². The van der Waals surface area contributed by atoms with Crippen LogP contribution in [0.2, 0.25) is 0 Å². The molecule has 8 nitrogen and oxygen atoms in total. The summed E-state index contributed by atoms with van der Waals surface area (Å²) in [6.45, 7) is 1.30. The molecular formula is C18H16N4O4. The predicted octanol–water partition coefficient (Wildman–Crippen LogP) is 1.89. The van der Waals surface area contributed by atoms with Crippen LogP contribution in [-0.2, 0) is 4.79 Å². The molecule has 3 rings (SSSR count). The Morgan fingerprint density at radius 1 is 1.00 bits per heavy atom. The molecule has 1 aromatic heterocycles. The van der Waals surface area contributed by atoms with Crippen LogP contribution < -0.4 is 15.6 Å².